The molecule has 0 aliphatic carbocycles. The van der Waals surface area contributed by atoms with E-state index in [1.165, 1.54) is 6.07 Å². The molecule has 0 aliphatic heterocycles. The molecule has 0 aromatic heterocycles. The molecule has 1 atom stereocenters. The predicted octanol–water partition coefficient (Wildman–Crippen LogP) is 2.91. The lowest BCUT2D eigenvalue weighted by atomic mass is 9.96. The molecule has 0 spiro atoms. The summed E-state index contributed by atoms with van der Waals surface area (Å²) in [5, 5.41) is 0. The zero-order valence-electron chi connectivity index (χ0n) is 8.38. The van der Waals surface area contributed by atoms with Crippen molar-refractivity contribution in [3.8, 4) is 0 Å². The minimum atomic E-state index is -0.170. The molecule has 1 unspecified atom stereocenters. The average molecular weight is 211 g/mol. The molecule has 0 radical (unpaired) electrons. The van der Waals surface area contributed by atoms with Gasteiger partial charge in [0.2, 0.25) is 0 Å². The Bertz CT molecular complexity index is 349. The third-order valence-electron chi connectivity index (χ3n) is 2.26. The molecular weight excluding hydrogens is 197 g/mol. The van der Waals surface area contributed by atoms with E-state index in [0.29, 0.717) is 17.0 Å². The lowest BCUT2D eigenvalue weighted by Gasteiger charge is -2.11. The summed E-state index contributed by atoms with van der Waals surface area (Å²) in [7, 11) is 0. The predicted molar refractivity (Wildman–Crippen MR) is 61.0 cm³/mol. The van der Waals surface area contributed by atoms with Crippen molar-refractivity contribution >= 4 is 17.2 Å². The Kier molecular flexibility index (Phi) is 3.58. The first kappa shape index (κ1) is 11.1. The Balaban J connectivity index is 2.85. The van der Waals surface area contributed by atoms with Crippen molar-refractivity contribution in [2.45, 2.75) is 26.2 Å². The van der Waals surface area contributed by atoms with Crippen LogP contribution in [0.15, 0.2) is 18.2 Å². The smallest absolute Gasteiger partial charge is 0.126 e. The number of benzene rings is 1. The minimum Gasteiger partial charge on any atom is -0.393 e. The second-order valence-corrected chi connectivity index (χ2v) is 4.10. The van der Waals surface area contributed by atoms with E-state index in [-0.39, 0.29) is 11.7 Å². The zero-order valence-corrected chi connectivity index (χ0v) is 9.20. The van der Waals surface area contributed by atoms with E-state index in [2.05, 4.69) is 0 Å². The van der Waals surface area contributed by atoms with Crippen molar-refractivity contribution in [2.24, 2.45) is 5.73 Å². The highest BCUT2D eigenvalue weighted by molar-refractivity contribution is 7.80. The molecule has 0 saturated carbocycles. The fourth-order valence-electron chi connectivity index (χ4n) is 1.39. The van der Waals surface area contributed by atoms with Crippen molar-refractivity contribution in [3.63, 3.8) is 0 Å². The summed E-state index contributed by atoms with van der Waals surface area (Å²) < 4.78 is 13.0. The molecule has 0 fully saturated rings. The van der Waals surface area contributed by atoms with Crippen LogP contribution in [0.3, 0.4) is 0 Å². The summed E-state index contributed by atoms with van der Waals surface area (Å²) >= 11 is 4.83. The molecule has 0 bridgehead atoms. The highest BCUT2D eigenvalue weighted by atomic mass is 32.1. The van der Waals surface area contributed by atoms with Crippen molar-refractivity contribution in [1.29, 1.82) is 0 Å². The van der Waals surface area contributed by atoms with E-state index >= 15 is 0 Å². The number of aryl methyl sites for hydroxylation is 1. The third-order valence-corrected chi connectivity index (χ3v) is 2.43. The molecule has 0 amide bonds. The summed E-state index contributed by atoms with van der Waals surface area (Å²) in [4.78, 5) is 0.500. The molecular formula is C11H14FNS. The number of rotatable bonds is 3. The summed E-state index contributed by atoms with van der Waals surface area (Å²) in [6, 6.07) is 5.12. The van der Waals surface area contributed by atoms with E-state index in [1.807, 2.05) is 13.0 Å². The SMILES string of the molecule is Cc1cc(C(C)CC(N)=S)ccc1F. The Labute approximate surface area is 89.1 Å². The molecule has 14 heavy (non-hydrogen) atoms. The summed E-state index contributed by atoms with van der Waals surface area (Å²) in [5.74, 6) is 0.0862. The molecule has 1 rings (SSSR count). The quantitative estimate of drug-likeness (QED) is 0.778. The van der Waals surface area contributed by atoms with Gasteiger partial charge in [-0.15, -0.1) is 0 Å². The molecule has 1 nitrogen and oxygen atoms in total. The molecule has 76 valence electrons. The Morgan fingerprint density at radius 1 is 1.57 bits per heavy atom. The van der Waals surface area contributed by atoms with Crippen LogP contribution in [0.1, 0.15) is 30.4 Å². The maximum absolute atomic E-state index is 13.0. The first-order valence-corrected chi connectivity index (χ1v) is 4.96. The van der Waals surface area contributed by atoms with Crippen LogP contribution in [0, 0.1) is 12.7 Å². The largest absolute Gasteiger partial charge is 0.393 e. The van der Waals surface area contributed by atoms with Gasteiger partial charge in [0.1, 0.15) is 5.82 Å². The maximum atomic E-state index is 13.0. The normalized spacial score (nSPS) is 12.5. The Hall–Kier alpha value is -0.960. The van der Waals surface area contributed by atoms with Gasteiger partial charge in [0.25, 0.3) is 0 Å². The maximum Gasteiger partial charge on any atom is 0.126 e. The van der Waals surface area contributed by atoms with Gasteiger partial charge in [-0.3, -0.25) is 0 Å². The highest BCUT2D eigenvalue weighted by Gasteiger charge is 2.08. The van der Waals surface area contributed by atoms with Gasteiger partial charge in [0, 0.05) is 6.42 Å². The number of hydrogen-bond acceptors (Lipinski definition) is 1. The second-order valence-electron chi connectivity index (χ2n) is 3.58. The minimum absolute atomic E-state index is 0.170. The van der Waals surface area contributed by atoms with Crippen LogP contribution in [0.5, 0.6) is 0 Å². The number of thiocarbonyl (C=S) groups is 1. The summed E-state index contributed by atoms with van der Waals surface area (Å²) in [6.07, 6.45) is 0.667. The van der Waals surface area contributed by atoms with Gasteiger partial charge in [-0.25, -0.2) is 4.39 Å². The lowest BCUT2D eigenvalue weighted by molar-refractivity contribution is 0.616. The van der Waals surface area contributed by atoms with Crippen molar-refractivity contribution < 1.29 is 4.39 Å². The molecule has 2 N–H and O–H groups in total. The van der Waals surface area contributed by atoms with E-state index in [0.717, 1.165) is 5.56 Å². The topological polar surface area (TPSA) is 26.0 Å². The van der Waals surface area contributed by atoms with Crippen LogP contribution in [-0.4, -0.2) is 4.99 Å². The van der Waals surface area contributed by atoms with Crippen LogP contribution in [0.25, 0.3) is 0 Å². The standard InChI is InChI=1S/C11H14FNS/c1-7(6-11(13)14)9-3-4-10(12)8(2)5-9/h3-5,7H,6H2,1-2H3,(H2,13,14). The monoisotopic (exact) mass is 211 g/mol. The lowest BCUT2D eigenvalue weighted by Crippen LogP contribution is -2.11. The van der Waals surface area contributed by atoms with Gasteiger partial charge in [0.05, 0.1) is 4.99 Å². The Morgan fingerprint density at radius 3 is 2.71 bits per heavy atom. The van der Waals surface area contributed by atoms with Crippen LogP contribution >= 0.6 is 12.2 Å². The molecule has 0 saturated heterocycles. The molecule has 3 heteroatoms. The zero-order chi connectivity index (χ0) is 10.7. The summed E-state index contributed by atoms with van der Waals surface area (Å²) in [5.41, 5.74) is 7.20. The van der Waals surface area contributed by atoms with E-state index in [1.54, 1.807) is 13.0 Å². The molecule has 0 aliphatic rings. The van der Waals surface area contributed by atoms with Crippen molar-refractivity contribution in [2.75, 3.05) is 0 Å². The van der Waals surface area contributed by atoms with Crippen LogP contribution < -0.4 is 5.73 Å². The third kappa shape index (κ3) is 2.77. The number of hydrogen-bond donors (Lipinski definition) is 1. The molecule has 1 aromatic rings. The van der Waals surface area contributed by atoms with E-state index in [9.17, 15) is 4.39 Å². The first-order chi connectivity index (χ1) is 6.50. The number of nitrogens with two attached hydrogens (primary N) is 1. The van der Waals surface area contributed by atoms with Crippen LogP contribution in [0.4, 0.5) is 4.39 Å². The fourth-order valence-corrected chi connectivity index (χ4v) is 1.64. The van der Waals surface area contributed by atoms with Gasteiger partial charge in [-0.05, 0) is 30.0 Å². The average Bonchev–Trinajstić information content (AvgIpc) is 2.08. The van der Waals surface area contributed by atoms with Crippen molar-refractivity contribution in [3.05, 3.63) is 35.1 Å². The molecule has 1 aromatic carbocycles. The molecule has 0 heterocycles. The van der Waals surface area contributed by atoms with Gasteiger partial charge >= 0.3 is 0 Å². The van der Waals surface area contributed by atoms with Crippen LogP contribution in [-0.2, 0) is 0 Å². The van der Waals surface area contributed by atoms with Crippen molar-refractivity contribution in [1.82, 2.24) is 0 Å². The van der Waals surface area contributed by atoms with Gasteiger partial charge in [0.15, 0.2) is 0 Å². The van der Waals surface area contributed by atoms with Gasteiger partial charge < -0.3 is 5.73 Å². The van der Waals surface area contributed by atoms with E-state index in [4.69, 9.17) is 18.0 Å². The summed E-state index contributed by atoms with van der Waals surface area (Å²) in [6.45, 7) is 3.79. The van der Waals surface area contributed by atoms with Crippen LogP contribution in [0.2, 0.25) is 0 Å². The van der Waals surface area contributed by atoms with Gasteiger partial charge in [-0.1, -0.05) is 31.3 Å². The van der Waals surface area contributed by atoms with Gasteiger partial charge in [-0.2, -0.15) is 0 Å². The fraction of sp³-hybridized carbons (Fsp3) is 0.364. The Morgan fingerprint density at radius 2 is 2.21 bits per heavy atom. The highest BCUT2D eigenvalue weighted by Crippen LogP contribution is 2.21. The first-order valence-electron chi connectivity index (χ1n) is 4.55. The number of halogens is 1. The second kappa shape index (κ2) is 4.51. The van der Waals surface area contributed by atoms with E-state index < -0.39 is 0 Å².